The first-order chi connectivity index (χ1) is 8.72. The molecule has 2 nitrogen and oxygen atoms in total. The summed E-state index contributed by atoms with van der Waals surface area (Å²) in [6, 6.07) is 13.8. The van der Waals surface area contributed by atoms with Crippen LogP contribution in [0.3, 0.4) is 0 Å². The maximum atomic E-state index is 5.99. The Balaban J connectivity index is 1.90. The number of halogens is 2. The lowest BCUT2D eigenvalue weighted by molar-refractivity contribution is 0.210. The van der Waals surface area contributed by atoms with Gasteiger partial charge in [0.05, 0.1) is 12.2 Å². The van der Waals surface area contributed by atoms with Gasteiger partial charge in [0.2, 0.25) is 0 Å². The van der Waals surface area contributed by atoms with Crippen molar-refractivity contribution in [2.45, 2.75) is 6.10 Å². The summed E-state index contributed by atoms with van der Waals surface area (Å²) in [5.74, 6) is 0.804. The van der Waals surface area contributed by atoms with E-state index in [-0.39, 0.29) is 6.10 Å². The number of fused-ring (bicyclic) bond motifs is 1. The van der Waals surface area contributed by atoms with E-state index >= 15 is 0 Å². The molecule has 0 radical (unpaired) electrons. The van der Waals surface area contributed by atoms with Crippen molar-refractivity contribution in [3.05, 3.63) is 57.5 Å². The van der Waals surface area contributed by atoms with E-state index in [0.717, 1.165) is 28.0 Å². The van der Waals surface area contributed by atoms with Gasteiger partial charge in [-0.1, -0.05) is 39.7 Å². The Bertz CT molecular complexity index is 588. The molecule has 1 atom stereocenters. The van der Waals surface area contributed by atoms with E-state index in [1.54, 1.807) is 0 Å². The van der Waals surface area contributed by atoms with Gasteiger partial charge in [0.15, 0.2) is 0 Å². The minimum absolute atomic E-state index is 0.00784. The van der Waals surface area contributed by atoms with Gasteiger partial charge in [0.25, 0.3) is 0 Å². The van der Waals surface area contributed by atoms with E-state index in [2.05, 4.69) is 33.4 Å². The number of hydrogen-bond acceptors (Lipinski definition) is 2. The van der Waals surface area contributed by atoms with E-state index in [9.17, 15) is 0 Å². The summed E-state index contributed by atoms with van der Waals surface area (Å²) in [6.45, 7) is 0.755. The topological polar surface area (TPSA) is 21.3 Å². The number of benzene rings is 2. The fraction of sp³-hybridized carbons (Fsp3) is 0.143. The second-order valence-corrected chi connectivity index (χ2v) is 5.53. The highest BCUT2D eigenvalue weighted by Gasteiger charge is 2.21. The highest BCUT2D eigenvalue weighted by molar-refractivity contribution is 9.10. The van der Waals surface area contributed by atoms with E-state index in [1.807, 2.05) is 30.3 Å². The quantitative estimate of drug-likeness (QED) is 0.824. The molecule has 0 fully saturated rings. The molecule has 3 rings (SSSR count). The van der Waals surface area contributed by atoms with Gasteiger partial charge in [-0.3, -0.25) is 0 Å². The molecule has 0 amide bonds. The predicted molar refractivity (Wildman–Crippen MR) is 77.5 cm³/mol. The van der Waals surface area contributed by atoms with Gasteiger partial charge in [-0.15, -0.1) is 0 Å². The largest absolute Gasteiger partial charge is 0.482 e. The predicted octanol–water partition coefficient (Wildman–Crippen LogP) is 4.65. The summed E-state index contributed by atoms with van der Waals surface area (Å²) in [5, 5.41) is 4.04. The van der Waals surface area contributed by atoms with Crippen molar-refractivity contribution in [2.24, 2.45) is 0 Å². The van der Waals surface area contributed by atoms with Crippen LogP contribution in [-0.2, 0) is 0 Å². The van der Waals surface area contributed by atoms with Crippen molar-refractivity contribution < 1.29 is 4.74 Å². The number of hydrogen-bond donors (Lipinski definition) is 1. The minimum Gasteiger partial charge on any atom is -0.482 e. The molecule has 92 valence electrons. The van der Waals surface area contributed by atoms with E-state index < -0.39 is 0 Å². The van der Waals surface area contributed by atoms with Crippen LogP contribution in [-0.4, -0.2) is 6.54 Å². The molecule has 0 bridgehead atoms. The number of rotatable bonds is 1. The van der Waals surface area contributed by atoms with Gasteiger partial charge < -0.3 is 10.1 Å². The average Bonchev–Trinajstić information content (AvgIpc) is 2.38. The van der Waals surface area contributed by atoms with Crippen LogP contribution in [0, 0.1) is 0 Å². The summed E-state index contributed by atoms with van der Waals surface area (Å²) in [5.41, 5.74) is 2.13. The van der Waals surface area contributed by atoms with Crippen LogP contribution in [0.4, 0.5) is 5.69 Å². The normalized spacial score (nSPS) is 17.6. The SMILES string of the molecule is Clc1ccc2c(c1)OC(c1cccc(Br)c1)CN2. The third-order valence-corrected chi connectivity index (χ3v) is 3.64. The smallest absolute Gasteiger partial charge is 0.144 e. The molecule has 1 aliphatic rings. The molecule has 0 saturated heterocycles. The van der Waals surface area contributed by atoms with Crippen LogP contribution in [0.15, 0.2) is 46.9 Å². The first kappa shape index (κ1) is 11.9. The van der Waals surface area contributed by atoms with Crippen LogP contribution < -0.4 is 10.1 Å². The first-order valence-electron chi connectivity index (χ1n) is 5.68. The molecule has 18 heavy (non-hydrogen) atoms. The van der Waals surface area contributed by atoms with Gasteiger partial charge in [-0.25, -0.2) is 0 Å². The minimum atomic E-state index is 0.00784. The van der Waals surface area contributed by atoms with Crippen molar-refractivity contribution in [3.8, 4) is 5.75 Å². The molecule has 1 aliphatic heterocycles. The Labute approximate surface area is 119 Å². The molecule has 0 spiro atoms. The van der Waals surface area contributed by atoms with Gasteiger partial charge in [0.1, 0.15) is 11.9 Å². The Morgan fingerprint density at radius 2 is 2.11 bits per heavy atom. The number of ether oxygens (including phenoxy) is 1. The second-order valence-electron chi connectivity index (χ2n) is 4.18. The molecule has 0 aromatic heterocycles. The summed E-state index contributed by atoms with van der Waals surface area (Å²) in [4.78, 5) is 0. The van der Waals surface area contributed by atoms with Crippen LogP contribution in [0.1, 0.15) is 11.7 Å². The molecule has 2 aromatic carbocycles. The summed E-state index contributed by atoms with van der Waals surface area (Å²) in [6.07, 6.45) is 0.00784. The third kappa shape index (κ3) is 2.33. The molecule has 1 unspecified atom stereocenters. The monoisotopic (exact) mass is 323 g/mol. The van der Waals surface area contributed by atoms with Gasteiger partial charge in [0, 0.05) is 15.6 Å². The first-order valence-corrected chi connectivity index (χ1v) is 6.85. The molecule has 1 N–H and O–H groups in total. The van der Waals surface area contributed by atoms with Crippen LogP contribution in [0.5, 0.6) is 5.75 Å². The van der Waals surface area contributed by atoms with Crippen LogP contribution in [0.2, 0.25) is 5.02 Å². The van der Waals surface area contributed by atoms with Crippen molar-refractivity contribution in [1.82, 2.24) is 0 Å². The summed E-state index contributed by atoms with van der Waals surface area (Å²) >= 11 is 9.46. The highest BCUT2D eigenvalue weighted by atomic mass is 79.9. The highest BCUT2D eigenvalue weighted by Crippen LogP contribution is 2.36. The number of anilines is 1. The lowest BCUT2D eigenvalue weighted by Gasteiger charge is -2.27. The molecule has 4 heteroatoms. The Morgan fingerprint density at radius 3 is 2.94 bits per heavy atom. The molecule has 0 aliphatic carbocycles. The molecule has 1 heterocycles. The molecule has 2 aromatic rings. The van der Waals surface area contributed by atoms with E-state index in [0.29, 0.717) is 5.02 Å². The fourth-order valence-electron chi connectivity index (χ4n) is 2.03. The molecule has 0 saturated carbocycles. The zero-order chi connectivity index (χ0) is 12.5. The van der Waals surface area contributed by atoms with Gasteiger partial charge in [-0.05, 0) is 29.8 Å². The van der Waals surface area contributed by atoms with Gasteiger partial charge in [-0.2, -0.15) is 0 Å². The van der Waals surface area contributed by atoms with E-state index in [1.165, 1.54) is 0 Å². The van der Waals surface area contributed by atoms with Crippen molar-refractivity contribution in [2.75, 3.05) is 11.9 Å². The fourth-order valence-corrected chi connectivity index (χ4v) is 2.61. The Kier molecular flexibility index (Phi) is 3.18. The lowest BCUT2D eigenvalue weighted by Crippen LogP contribution is -2.23. The summed E-state index contributed by atoms with van der Waals surface area (Å²) < 4.78 is 7.04. The van der Waals surface area contributed by atoms with Crippen molar-refractivity contribution in [3.63, 3.8) is 0 Å². The van der Waals surface area contributed by atoms with Crippen LogP contribution in [0.25, 0.3) is 0 Å². The maximum absolute atomic E-state index is 5.99. The third-order valence-electron chi connectivity index (χ3n) is 2.91. The Hall–Kier alpha value is -1.19. The van der Waals surface area contributed by atoms with E-state index in [4.69, 9.17) is 16.3 Å². The standard InChI is InChI=1S/C14H11BrClNO/c15-10-3-1-2-9(6-10)14-8-17-12-5-4-11(16)7-13(12)18-14/h1-7,14,17H,8H2. The zero-order valence-electron chi connectivity index (χ0n) is 9.49. The number of nitrogens with one attached hydrogen (secondary N) is 1. The van der Waals surface area contributed by atoms with Crippen LogP contribution >= 0.6 is 27.5 Å². The van der Waals surface area contributed by atoms with Gasteiger partial charge >= 0.3 is 0 Å². The summed E-state index contributed by atoms with van der Waals surface area (Å²) in [7, 11) is 0. The lowest BCUT2D eigenvalue weighted by atomic mass is 10.1. The maximum Gasteiger partial charge on any atom is 0.144 e. The van der Waals surface area contributed by atoms with Crippen molar-refractivity contribution in [1.29, 1.82) is 0 Å². The van der Waals surface area contributed by atoms with Crippen molar-refractivity contribution >= 4 is 33.2 Å². The zero-order valence-corrected chi connectivity index (χ0v) is 11.8. The average molecular weight is 325 g/mol. The Morgan fingerprint density at radius 1 is 1.22 bits per heavy atom. The second kappa shape index (κ2) is 4.82. The molecular weight excluding hydrogens is 314 g/mol. The molecular formula is C14H11BrClNO.